The Hall–Kier alpha value is -1.29. The first-order valence-corrected chi connectivity index (χ1v) is 5.26. The van der Waals surface area contributed by atoms with Crippen molar-refractivity contribution in [1.29, 1.82) is 0 Å². The monoisotopic (exact) mass is 209 g/mol. The summed E-state index contributed by atoms with van der Waals surface area (Å²) in [6.07, 6.45) is 3.41. The Balaban J connectivity index is 1.67. The molecule has 4 nitrogen and oxygen atoms in total. The summed E-state index contributed by atoms with van der Waals surface area (Å²) in [4.78, 5) is 11.3. The Morgan fingerprint density at radius 1 is 1.67 bits per heavy atom. The third-order valence-electron chi connectivity index (χ3n) is 2.54. The van der Waals surface area contributed by atoms with Crippen molar-refractivity contribution in [3.05, 3.63) is 24.2 Å². The number of amides is 1. The van der Waals surface area contributed by atoms with Gasteiger partial charge in [0.1, 0.15) is 11.9 Å². The zero-order valence-electron chi connectivity index (χ0n) is 8.48. The first kappa shape index (κ1) is 10.2. The minimum Gasteiger partial charge on any atom is -0.467 e. The van der Waals surface area contributed by atoms with Gasteiger partial charge in [-0.25, -0.2) is 0 Å². The Morgan fingerprint density at radius 2 is 2.47 bits per heavy atom. The van der Waals surface area contributed by atoms with E-state index in [2.05, 4.69) is 5.32 Å². The topological polar surface area (TPSA) is 62.5 Å². The molecule has 0 aliphatic heterocycles. The first-order valence-electron chi connectivity index (χ1n) is 5.26. The third kappa shape index (κ3) is 2.83. The quantitative estimate of drug-likeness (QED) is 0.766. The van der Waals surface area contributed by atoms with Crippen molar-refractivity contribution in [1.82, 2.24) is 5.32 Å². The van der Waals surface area contributed by atoms with Crippen molar-refractivity contribution in [3.8, 4) is 0 Å². The van der Waals surface area contributed by atoms with Gasteiger partial charge in [0, 0.05) is 12.5 Å². The number of carbonyl (C=O) groups is 1. The predicted octanol–water partition coefficient (Wildman–Crippen LogP) is 1.23. The highest BCUT2D eigenvalue weighted by Gasteiger charge is 2.29. The van der Waals surface area contributed by atoms with Crippen LogP contribution < -0.4 is 5.32 Å². The summed E-state index contributed by atoms with van der Waals surface area (Å²) >= 11 is 0. The summed E-state index contributed by atoms with van der Waals surface area (Å²) in [5.41, 5.74) is 0. The number of nitrogens with one attached hydrogen (secondary N) is 1. The summed E-state index contributed by atoms with van der Waals surface area (Å²) in [5, 5.41) is 12.4. The summed E-state index contributed by atoms with van der Waals surface area (Å²) < 4.78 is 5.05. The molecule has 2 N–H and O–H groups in total. The Bertz CT molecular complexity index is 317. The van der Waals surface area contributed by atoms with Crippen LogP contribution in [-0.4, -0.2) is 17.6 Å². The second-order valence-electron chi connectivity index (χ2n) is 3.89. The highest BCUT2D eigenvalue weighted by atomic mass is 16.4. The second-order valence-corrected chi connectivity index (χ2v) is 3.89. The molecule has 1 unspecified atom stereocenters. The van der Waals surface area contributed by atoms with Gasteiger partial charge in [0.25, 0.3) is 0 Å². The maximum absolute atomic E-state index is 11.3. The van der Waals surface area contributed by atoms with E-state index in [-0.39, 0.29) is 11.8 Å². The average molecular weight is 209 g/mol. The zero-order chi connectivity index (χ0) is 10.7. The smallest absolute Gasteiger partial charge is 0.223 e. The Labute approximate surface area is 88.3 Å². The summed E-state index contributed by atoms with van der Waals surface area (Å²) in [7, 11) is 0. The number of hydrogen-bond acceptors (Lipinski definition) is 3. The average Bonchev–Trinajstić information content (AvgIpc) is 2.93. The van der Waals surface area contributed by atoms with Crippen LogP contribution in [0.3, 0.4) is 0 Å². The molecule has 1 aromatic heterocycles. The molecule has 1 aromatic rings. The number of rotatable bonds is 5. The van der Waals surface area contributed by atoms with Gasteiger partial charge in [-0.15, -0.1) is 0 Å². The van der Waals surface area contributed by atoms with Gasteiger partial charge >= 0.3 is 0 Å². The van der Waals surface area contributed by atoms with Crippen LogP contribution in [0.15, 0.2) is 22.8 Å². The largest absolute Gasteiger partial charge is 0.467 e. The van der Waals surface area contributed by atoms with Crippen molar-refractivity contribution in [3.63, 3.8) is 0 Å². The molecule has 2 rings (SSSR count). The van der Waals surface area contributed by atoms with Crippen molar-refractivity contribution >= 4 is 5.91 Å². The molecule has 0 radical (unpaired) electrons. The molecule has 0 saturated heterocycles. The lowest BCUT2D eigenvalue weighted by molar-refractivity contribution is -0.122. The van der Waals surface area contributed by atoms with E-state index in [1.54, 1.807) is 12.1 Å². The highest BCUT2D eigenvalue weighted by Crippen LogP contribution is 2.28. The van der Waals surface area contributed by atoms with E-state index in [0.29, 0.717) is 18.7 Å². The molecule has 0 spiro atoms. The number of carbonyl (C=O) groups excluding carboxylic acids is 1. The molecule has 0 bridgehead atoms. The Kier molecular flexibility index (Phi) is 3.06. The molecule has 1 aliphatic rings. The molecule has 1 saturated carbocycles. The molecule has 82 valence electrons. The molecule has 4 heteroatoms. The predicted molar refractivity (Wildman–Crippen MR) is 54.0 cm³/mol. The van der Waals surface area contributed by atoms with Gasteiger partial charge in [-0.2, -0.15) is 0 Å². The molecule has 1 atom stereocenters. The standard InChI is InChI=1S/C11H15NO3/c13-9(10-2-1-7-15-10)5-6-12-11(14)8-3-4-8/h1-2,7-9,13H,3-6H2,(H,12,14). The summed E-state index contributed by atoms with van der Waals surface area (Å²) in [6.45, 7) is 0.497. The fraction of sp³-hybridized carbons (Fsp3) is 0.545. The van der Waals surface area contributed by atoms with Crippen molar-refractivity contribution in [2.45, 2.75) is 25.4 Å². The minimum atomic E-state index is -0.625. The van der Waals surface area contributed by atoms with Crippen LogP contribution in [0, 0.1) is 5.92 Å². The van der Waals surface area contributed by atoms with Gasteiger partial charge in [-0.05, 0) is 31.4 Å². The molecular weight excluding hydrogens is 194 g/mol. The molecule has 1 fully saturated rings. The van der Waals surface area contributed by atoms with Crippen molar-refractivity contribution in [2.24, 2.45) is 5.92 Å². The molecule has 1 amide bonds. The molecule has 0 aromatic carbocycles. The van der Waals surface area contributed by atoms with Crippen LogP contribution in [0.5, 0.6) is 0 Å². The van der Waals surface area contributed by atoms with Crippen LogP contribution in [0.2, 0.25) is 0 Å². The van der Waals surface area contributed by atoms with E-state index in [9.17, 15) is 9.90 Å². The molecule has 15 heavy (non-hydrogen) atoms. The normalized spacial score (nSPS) is 17.4. The number of hydrogen-bond donors (Lipinski definition) is 2. The third-order valence-corrected chi connectivity index (χ3v) is 2.54. The van der Waals surface area contributed by atoms with E-state index >= 15 is 0 Å². The van der Waals surface area contributed by atoms with Crippen LogP contribution >= 0.6 is 0 Å². The molecule has 1 heterocycles. The first-order chi connectivity index (χ1) is 7.27. The van der Waals surface area contributed by atoms with Gasteiger partial charge in [0.05, 0.1) is 6.26 Å². The van der Waals surface area contributed by atoms with E-state index in [1.807, 2.05) is 0 Å². The fourth-order valence-corrected chi connectivity index (χ4v) is 1.45. The van der Waals surface area contributed by atoms with Gasteiger partial charge in [0.15, 0.2) is 0 Å². The van der Waals surface area contributed by atoms with Gasteiger partial charge in [-0.3, -0.25) is 4.79 Å². The van der Waals surface area contributed by atoms with Gasteiger partial charge in [-0.1, -0.05) is 0 Å². The maximum Gasteiger partial charge on any atom is 0.223 e. The highest BCUT2D eigenvalue weighted by molar-refractivity contribution is 5.80. The second kappa shape index (κ2) is 4.49. The van der Waals surface area contributed by atoms with Crippen LogP contribution in [0.4, 0.5) is 0 Å². The Morgan fingerprint density at radius 3 is 3.07 bits per heavy atom. The lowest BCUT2D eigenvalue weighted by Gasteiger charge is -2.08. The zero-order valence-corrected chi connectivity index (χ0v) is 8.48. The van der Waals surface area contributed by atoms with Gasteiger partial charge in [0.2, 0.25) is 5.91 Å². The van der Waals surface area contributed by atoms with E-state index in [0.717, 1.165) is 12.8 Å². The summed E-state index contributed by atoms with van der Waals surface area (Å²) in [6, 6.07) is 3.47. The number of aliphatic hydroxyl groups is 1. The van der Waals surface area contributed by atoms with Crippen molar-refractivity contribution < 1.29 is 14.3 Å². The van der Waals surface area contributed by atoms with Crippen LogP contribution in [0.1, 0.15) is 31.1 Å². The van der Waals surface area contributed by atoms with E-state index < -0.39 is 6.10 Å². The lowest BCUT2D eigenvalue weighted by Crippen LogP contribution is -2.26. The number of furan rings is 1. The maximum atomic E-state index is 11.3. The SMILES string of the molecule is O=C(NCCC(O)c1ccco1)C1CC1. The van der Waals surface area contributed by atoms with Crippen molar-refractivity contribution in [2.75, 3.05) is 6.54 Å². The molecular formula is C11H15NO3. The van der Waals surface area contributed by atoms with Crippen LogP contribution in [0.25, 0.3) is 0 Å². The lowest BCUT2D eigenvalue weighted by atomic mass is 10.2. The summed E-state index contributed by atoms with van der Waals surface area (Å²) in [5.74, 6) is 0.892. The van der Waals surface area contributed by atoms with Crippen LogP contribution in [-0.2, 0) is 4.79 Å². The van der Waals surface area contributed by atoms with E-state index in [1.165, 1.54) is 6.26 Å². The van der Waals surface area contributed by atoms with Gasteiger partial charge < -0.3 is 14.8 Å². The van der Waals surface area contributed by atoms with E-state index in [4.69, 9.17) is 4.42 Å². The number of aliphatic hydroxyl groups excluding tert-OH is 1. The molecule has 1 aliphatic carbocycles. The minimum absolute atomic E-state index is 0.113. The fourth-order valence-electron chi connectivity index (χ4n) is 1.45.